The maximum Gasteiger partial charge on any atom is 0.296 e. The third-order valence-electron chi connectivity index (χ3n) is 2.87. The van der Waals surface area contributed by atoms with Crippen LogP contribution in [0.25, 0.3) is 0 Å². The number of benzene rings is 1. The molecule has 96 valence electrons. The first kappa shape index (κ1) is 18.5. The molecule has 0 unspecified atom stereocenters. The highest BCUT2D eigenvalue weighted by Gasteiger charge is 2.47. The number of hydrogen-bond acceptors (Lipinski definition) is 4. The Morgan fingerprint density at radius 2 is 1.43 bits per heavy atom. The van der Waals surface area contributed by atoms with Crippen molar-refractivity contribution in [1.82, 2.24) is 0 Å². The summed E-state index contributed by atoms with van der Waals surface area (Å²) in [5, 5.41) is 1.23. The van der Waals surface area contributed by atoms with Crippen molar-refractivity contribution < 1.29 is 17.7 Å². The van der Waals surface area contributed by atoms with Gasteiger partial charge in [0, 0.05) is 5.40 Å². The molecular weight excluding hydrogens is 281 g/mol. The summed E-state index contributed by atoms with van der Waals surface area (Å²) >= 11 is 0. The molecular formula is C10H8B6O4S. The zero-order chi connectivity index (χ0) is 16.7. The molecule has 11 heteroatoms. The predicted molar refractivity (Wildman–Crippen MR) is 84.3 cm³/mol. The van der Waals surface area contributed by atoms with Crippen LogP contribution in [0.4, 0.5) is 0 Å². The van der Waals surface area contributed by atoms with Gasteiger partial charge in [0.15, 0.2) is 0 Å². The molecule has 0 saturated carbocycles. The van der Waals surface area contributed by atoms with Crippen molar-refractivity contribution >= 4 is 57.2 Å². The van der Waals surface area contributed by atoms with Crippen molar-refractivity contribution in [1.29, 1.82) is 0 Å². The van der Waals surface area contributed by atoms with Crippen molar-refractivity contribution in [3.05, 3.63) is 29.8 Å². The summed E-state index contributed by atoms with van der Waals surface area (Å²) in [7, 11) is 27.6. The number of aryl methyl sites for hydroxylation is 1. The van der Waals surface area contributed by atoms with Crippen LogP contribution < -0.4 is 0 Å². The van der Waals surface area contributed by atoms with E-state index in [1.54, 1.807) is 6.92 Å². The lowest BCUT2D eigenvalue weighted by Crippen LogP contribution is -2.61. The van der Waals surface area contributed by atoms with E-state index in [4.69, 9.17) is 47.1 Å². The average molecular weight is 289 g/mol. The van der Waals surface area contributed by atoms with Gasteiger partial charge in [0.2, 0.25) is 0 Å². The van der Waals surface area contributed by atoms with Gasteiger partial charge in [0.25, 0.3) is 10.1 Å². The number of hydrogen-bond donors (Lipinski definition) is 1. The SMILES string of the molecule is [B]C([B])(O)C([B])([B])C([B])([B])OS(=O)(=O)c1ccc(C)cc1. The molecule has 0 amide bonds. The Hall–Kier alpha value is -0.520. The Balaban J connectivity index is 3.16. The molecule has 0 saturated heterocycles. The highest BCUT2D eigenvalue weighted by atomic mass is 32.2. The van der Waals surface area contributed by atoms with Crippen molar-refractivity contribution in [3.8, 4) is 0 Å². The van der Waals surface area contributed by atoms with Crippen LogP contribution in [0.1, 0.15) is 5.56 Å². The summed E-state index contributed by atoms with van der Waals surface area (Å²) in [6.07, 6.45) is 0. The summed E-state index contributed by atoms with van der Waals surface area (Å²) in [4.78, 5) is -0.234. The van der Waals surface area contributed by atoms with Gasteiger partial charge in [-0.15, -0.1) is 0 Å². The minimum atomic E-state index is -4.41. The first-order valence-corrected chi connectivity index (χ1v) is 7.09. The molecule has 12 radical (unpaired) electrons. The first-order chi connectivity index (χ1) is 9.21. The molecule has 1 N–H and O–H groups in total. The van der Waals surface area contributed by atoms with Gasteiger partial charge >= 0.3 is 0 Å². The molecule has 0 aliphatic rings. The van der Waals surface area contributed by atoms with E-state index in [0.29, 0.717) is 0 Å². The molecule has 0 fully saturated rings. The van der Waals surface area contributed by atoms with Gasteiger partial charge in [-0.2, -0.15) is 8.42 Å². The Labute approximate surface area is 133 Å². The number of aliphatic hydroxyl groups is 1. The van der Waals surface area contributed by atoms with E-state index in [2.05, 4.69) is 4.18 Å². The van der Waals surface area contributed by atoms with Gasteiger partial charge < -0.3 is 5.11 Å². The summed E-state index contributed by atoms with van der Waals surface area (Å²) in [6, 6.07) is 5.61. The monoisotopic (exact) mass is 290 g/mol. The number of rotatable bonds is 5. The molecule has 0 aliphatic carbocycles. The molecule has 0 atom stereocenters. The molecule has 1 aromatic rings. The van der Waals surface area contributed by atoms with Gasteiger partial charge in [-0.25, -0.2) is 0 Å². The second-order valence-electron chi connectivity index (χ2n) is 4.84. The Bertz CT molecular complexity index is 605. The fraction of sp³-hybridized carbons (Fsp3) is 0.400. The molecule has 0 heterocycles. The average Bonchev–Trinajstić information content (AvgIpc) is 2.26. The van der Waals surface area contributed by atoms with E-state index < -0.39 is 26.1 Å². The van der Waals surface area contributed by atoms with Gasteiger partial charge in [0.05, 0.1) is 36.3 Å². The Kier molecular flexibility index (Phi) is 4.94. The fourth-order valence-corrected chi connectivity index (χ4v) is 2.38. The van der Waals surface area contributed by atoms with Crippen LogP contribution >= 0.6 is 0 Å². The second-order valence-corrected chi connectivity index (χ2v) is 6.38. The van der Waals surface area contributed by atoms with Gasteiger partial charge in [-0.05, 0) is 24.5 Å². The van der Waals surface area contributed by atoms with Crippen LogP contribution in [0.3, 0.4) is 0 Å². The van der Waals surface area contributed by atoms with E-state index in [9.17, 15) is 13.5 Å². The molecule has 0 aliphatic heterocycles. The molecule has 1 rings (SSSR count). The minimum Gasteiger partial charge on any atom is -0.410 e. The molecule has 4 nitrogen and oxygen atoms in total. The lowest BCUT2D eigenvalue weighted by atomic mass is 9.25. The molecule has 1 aromatic carbocycles. The van der Waals surface area contributed by atoms with E-state index in [0.717, 1.165) is 5.56 Å². The largest absolute Gasteiger partial charge is 0.410 e. The molecule has 21 heavy (non-hydrogen) atoms. The fourth-order valence-electron chi connectivity index (χ4n) is 1.32. The zero-order valence-corrected chi connectivity index (χ0v) is 12.2. The summed E-state index contributed by atoms with van der Waals surface area (Å²) < 4.78 is 28.8. The Morgan fingerprint density at radius 1 is 1.00 bits per heavy atom. The van der Waals surface area contributed by atoms with E-state index in [1.165, 1.54) is 24.3 Å². The molecule has 0 aromatic heterocycles. The molecule has 0 bridgehead atoms. The lowest BCUT2D eigenvalue weighted by Gasteiger charge is -2.51. The predicted octanol–water partition coefficient (Wildman–Crippen LogP) is -1.87. The molecule has 0 spiro atoms. The van der Waals surface area contributed by atoms with Crippen LogP contribution in [0, 0.1) is 6.92 Å². The van der Waals surface area contributed by atoms with Crippen molar-refractivity contribution in [2.24, 2.45) is 0 Å². The summed E-state index contributed by atoms with van der Waals surface area (Å²) in [5.41, 5.74) is 0.825. The standard InChI is InChI=1S/C10H8B6O4S/c1-6-2-4-7(5-3-6)21(18,19)20-10(15,16)8(11,12)9(13,14)17/h2-5,17H,1H3. The smallest absolute Gasteiger partial charge is 0.296 e. The normalized spacial score (nSPS) is 14.0. The maximum absolute atomic E-state index is 12.1. The van der Waals surface area contributed by atoms with Gasteiger partial charge in [-0.3, -0.25) is 4.18 Å². The topological polar surface area (TPSA) is 63.6 Å². The van der Waals surface area contributed by atoms with Gasteiger partial charge in [0.1, 0.15) is 15.7 Å². The summed E-state index contributed by atoms with van der Waals surface area (Å²) in [6.45, 7) is 1.77. The van der Waals surface area contributed by atoms with Crippen LogP contribution in [-0.4, -0.2) is 71.4 Å². The third kappa shape index (κ3) is 3.82. The van der Waals surface area contributed by atoms with Crippen molar-refractivity contribution in [2.45, 2.75) is 27.8 Å². The third-order valence-corrected chi connectivity index (χ3v) is 4.21. The second kappa shape index (κ2) is 5.60. The maximum atomic E-state index is 12.1. The van der Waals surface area contributed by atoms with Crippen LogP contribution in [0.5, 0.6) is 0 Å². The first-order valence-electron chi connectivity index (χ1n) is 5.69. The highest BCUT2D eigenvalue weighted by molar-refractivity contribution is 7.86. The Morgan fingerprint density at radius 3 is 1.81 bits per heavy atom. The van der Waals surface area contributed by atoms with Crippen molar-refractivity contribution in [3.63, 3.8) is 0 Å². The van der Waals surface area contributed by atoms with Crippen molar-refractivity contribution in [2.75, 3.05) is 0 Å². The zero-order valence-electron chi connectivity index (χ0n) is 11.4. The van der Waals surface area contributed by atoms with Gasteiger partial charge in [-0.1, -0.05) is 22.9 Å². The minimum absolute atomic E-state index is 0.234. The van der Waals surface area contributed by atoms with E-state index in [1.807, 2.05) is 0 Å². The van der Waals surface area contributed by atoms with Crippen LogP contribution in [0.15, 0.2) is 29.2 Å². The quantitative estimate of drug-likeness (QED) is 0.509. The lowest BCUT2D eigenvalue weighted by molar-refractivity contribution is 0.120. The van der Waals surface area contributed by atoms with E-state index >= 15 is 0 Å². The van der Waals surface area contributed by atoms with Crippen LogP contribution in [0.2, 0.25) is 5.21 Å². The van der Waals surface area contributed by atoms with E-state index in [-0.39, 0.29) is 4.90 Å². The van der Waals surface area contributed by atoms with Crippen LogP contribution in [-0.2, 0) is 14.3 Å². The highest BCUT2D eigenvalue weighted by Crippen LogP contribution is 2.40. The summed E-state index contributed by atoms with van der Waals surface area (Å²) in [5.74, 6) is 0.